The lowest BCUT2D eigenvalue weighted by molar-refractivity contribution is 0.0695. The zero-order valence-electron chi connectivity index (χ0n) is 10.7. The third kappa shape index (κ3) is 3.32. The number of aryl methyl sites for hydroxylation is 1. The van der Waals surface area contributed by atoms with E-state index in [1.54, 1.807) is 31.9 Å². The van der Waals surface area contributed by atoms with Crippen molar-refractivity contribution in [3.63, 3.8) is 0 Å². The maximum atomic E-state index is 10.9. The quantitative estimate of drug-likeness (QED) is 0.847. The van der Waals surface area contributed by atoms with Gasteiger partial charge in [0.15, 0.2) is 0 Å². The van der Waals surface area contributed by atoms with Gasteiger partial charge in [-0.1, -0.05) is 0 Å². The number of hydrogen-bond donors (Lipinski definition) is 1. The van der Waals surface area contributed by atoms with Gasteiger partial charge < -0.3 is 14.3 Å². The molecule has 0 unspecified atom stereocenters. The molecule has 0 fully saturated rings. The average molecular weight is 278 g/mol. The van der Waals surface area contributed by atoms with Gasteiger partial charge in [0.1, 0.15) is 22.8 Å². The second kappa shape index (κ2) is 5.84. The fourth-order valence-corrected chi connectivity index (χ4v) is 2.43. The number of aromatic carboxylic acids is 1. The van der Waals surface area contributed by atoms with Gasteiger partial charge in [0.25, 0.3) is 0 Å². The Labute approximate surface area is 115 Å². The molecule has 1 aromatic heterocycles. The summed E-state index contributed by atoms with van der Waals surface area (Å²) in [6.45, 7) is 1.66. The van der Waals surface area contributed by atoms with Crippen LogP contribution < -0.4 is 4.74 Å². The summed E-state index contributed by atoms with van der Waals surface area (Å²) in [4.78, 5) is 12.0. The van der Waals surface area contributed by atoms with E-state index in [0.717, 1.165) is 10.6 Å². The van der Waals surface area contributed by atoms with Gasteiger partial charge in [-0.3, -0.25) is 0 Å². The number of rotatable bonds is 5. The van der Waals surface area contributed by atoms with Crippen molar-refractivity contribution in [2.75, 3.05) is 7.11 Å². The molecule has 4 nitrogen and oxygen atoms in total. The second-order valence-corrected chi connectivity index (χ2v) is 5.00. The highest BCUT2D eigenvalue weighted by molar-refractivity contribution is 7.98. The van der Waals surface area contributed by atoms with Crippen LogP contribution in [0, 0.1) is 6.92 Å². The van der Waals surface area contributed by atoms with Crippen molar-refractivity contribution in [2.24, 2.45) is 0 Å². The minimum absolute atomic E-state index is 0.227. The molecule has 0 atom stereocenters. The number of furan rings is 1. The van der Waals surface area contributed by atoms with Crippen molar-refractivity contribution in [1.82, 2.24) is 0 Å². The first-order chi connectivity index (χ1) is 9.10. The Morgan fingerprint density at radius 1 is 1.37 bits per heavy atom. The summed E-state index contributed by atoms with van der Waals surface area (Å²) in [5.74, 6) is 1.56. The van der Waals surface area contributed by atoms with E-state index < -0.39 is 5.97 Å². The Balaban J connectivity index is 2.01. The average Bonchev–Trinajstić information content (AvgIpc) is 2.78. The molecule has 0 saturated heterocycles. The van der Waals surface area contributed by atoms with Crippen LogP contribution in [0.4, 0.5) is 0 Å². The van der Waals surface area contributed by atoms with Gasteiger partial charge in [-0.2, -0.15) is 0 Å². The van der Waals surface area contributed by atoms with Crippen molar-refractivity contribution < 1.29 is 19.1 Å². The lowest BCUT2D eigenvalue weighted by atomic mass is 10.2. The van der Waals surface area contributed by atoms with E-state index in [1.165, 1.54) is 0 Å². The second-order valence-electron chi connectivity index (χ2n) is 3.95. The van der Waals surface area contributed by atoms with Gasteiger partial charge in [-0.05, 0) is 37.3 Å². The number of carbonyl (C=O) groups is 1. The lowest BCUT2D eigenvalue weighted by Crippen LogP contribution is -1.94. The molecule has 0 aliphatic carbocycles. The lowest BCUT2D eigenvalue weighted by Gasteiger charge is -2.02. The van der Waals surface area contributed by atoms with Gasteiger partial charge in [-0.15, -0.1) is 11.8 Å². The highest BCUT2D eigenvalue weighted by Crippen LogP contribution is 2.26. The zero-order valence-corrected chi connectivity index (χ0v) is 11.5. The Morgan fingerprint density at radius 3 is 2.58 bits per heavy atom. The Hall–Kier alpha value is -1.88. The van der Waals surface area contributed by atoms with E-state index in [0.29, 0.717) is 17.3 Å². The minimum atomic E-state index is -0.957. The molecule has 0 spiro atoms. The highest BCUT2D eigenvalue weighted by Gasteiger charge is 2.13. The van der Waals surface area contributed by atoms with E-state index in [-0.39, 0.29) is 5.56 Å². The fraction of sp³-hybridized carbons (Fsp3) is 0.214. The highest BCUT2D eigenvalue weighted by atomic mass is 32.2. The van der Waals surface area contributed by atoms with Crippen LogP contribution in [-0.2, 0) is 5.75 Å². The number of ether oxygens (including phenoxy) is 1. The fourth-order valence-electron chi connectivity index (χ4n) is 1.65. The molecular formula is C14H14O4S. The predicted octanol–water partition coefficient (Wildman–Crippen LogP) is 3.59. The Kier molecular flexibility index (Phi) is 4.16. The Morgan fingerprint density at radius 2 is 2.05 bits per heavy atom. The standard InChI is InChI=1S/C14H14O4S/c1-9-13(14(15)16)7-11(18-9)8-19-12-5-3-10(17-2)4-6-12/h3-7H,8H2,1-2H3,(H,15,16). The van der Waals surface area contributed by atoms with Crippen molar-refractivity contribution in [3.8, 4) is 5.75 Å². The maximum absolute atomic E-state index is 10.9. The zero-order chi connectivity index (χ0) is 13.8. The molecule has 0 saturated carbocycles. The van der Waals surface area contributed by atoms with Crippen LogP contribution in [0.25, 0.3) is 0 Å². The molecule has 1 aromatic carbocycles. The molecule has 0 radical (unpaired) electrons. The van der Waals surface area contributed by atoms with Crippen LogP contribution in [0.15, 0.2) is 39.6 Å². The van der Waals surface area contributed by atoms with Gasteiger partial charge >= 0.3 is 5.97 Å². The largest absolute Gasteiger partial charge is 0.497 e. The summed E-state index contributed by atoms with van der Waals surface area (Å²) in [7, 11) is 1.63. The summed E-state index contributed by atoms with van der Waals surface area (Å²) in [5, 5.41) is 8.94. The number of carboxylic acids is 1. The predicted molar refractivity (Wildman–Crippen MR) is 73.0 cm³/mol. The van der Waals surface area contributed by atoms with Crippen LogP contribution in [-0.4, -0.2) is 18.2 Å². The van der Waals surface area contributed by atoms with E-state index >= 15 is 0 Å². The first kappa shape index (κ1) is 13.5. The van der Waals surface area contributed by atoms with Gasteiger partial charge in [0.05, 0.1) is 12.9 Å². The first-order valence-electron chi connectivity index (χ1n) is 5.69. The Bertz CT molecular complexity index is 572. The molecule has 0 aliphatic rings. The molecule has 2 rings (SSSR count). The number of thioether (sulfide) groups is 1. The monoisotopic (exact) mass is 278 g/mol. The van der Waals surface area contributed by atoms with Crippen molar-refractivity contribution in [2.45, 2.75) is 17.6 Å². The molecule has 19 heavy (non-hydrogen) atoms. The topological polar surface area (TPSA) is 59.7 Å². The maximum Gasteiger partial charge on any atom is 0.339 e. The smallest absolute Gasteiger partial charge is 0.339 e. The summed E-state index contributed by atoms with van der Waals surface area (Å²) in [5.41, 5.74) is 0.227. The number of methoxy groups -OCH3 is 1. The molecule has 2 aromatic rings. The number of carboxylic acid groups (broad SMARTS) is 1. The SMILES string of the molecule is COc1ccc(SCc2cc(C(=O)O)c(C)o2)cc1. The van der Waals surface area contributed by atoms with Gasteiger partial charge in [0.2, 0.25) is 0 Å². The van der Waals surface area contributed by atoms with E-state index in [9.17, 15) is 4.79 Å². The van der Waals surface area contributed by atoms with Crippen molar-refractivity contribution in [3.05, 3.63) is 47.4 Å². The summed E-state index contributed by atoms with van der Waals surface area (Å²) >= 11 is 1.58. The molecule has 100 valence electrons. The van der Waals surface area contributed by atoms with Crippen molar-refractivity contribution >= 4 is 17.7 Å². The van der Waals surface area contributed by atoms with Crippen LogP contribution in [0.1, 0.15) is 21.9 Å². The van der Waals surface area contributed by atoms with E-state index in [2.05, 4.69) is 0 Å². The molecule has 0 bridgehead atoms. The first-order valence-corrected chi connectivity index (χ1v) is 6.68. The van der Waals surface area contributed by atoms with Crippen LogP contribution in [0.5, 0.6) is 5.75 Å². The summed E-state index contributed by atoms with van der Waals surface area (Å²) in [6.07, 6.45) is 0. The van der Waals surface area contributed by atoms with Crippen molar-refractivity contribution in [1.29, 1.82) is 0 Å². The van der Waals surface area contributed by atoms with Crippen LogP contribution >= 0.6 is 11.8 Å². The molecule has 5 heteroatoms. The van der Waals surface area contributed by atoms with Crippen LogP contribution in [0.2, 0.25) is 0 Å². The summed E-state index contributed by atoms with van der Waals surface area (Å²) in [6, 6.07) is 9.26. The third-order valence-corrected chi connectivity index (χ3v) is 3.67. The van der Waals surface area contributed by atoms with Crippen LogP contribution in [0.3, 0.4) is 0 Å². The van der Waals surface area contributed by atoms with E-state index in [4.69, 9.17) is 14.3 Å². The summed E-state index contributed by atoms with van der Waals surface area (Å²) < 4.78 is 10.5. The van der Waals surface area contributed by atoms with Gasteiger partial charge in [0, 0.05) is 4.90 Å². The normalized spacial score (nSPS) is 10.4. The minimum Gasteiger partial charge on any atom is -0.497 e. The molecular weight excluding hydrogens is 264 g/mol. The van der Waals surface area contributed by atoms with E-state index in [1.807, 2.05) is 24.3 Å². The molecule has 1 N–H and O–H groups in total. The third-order valence-electron chi connectivity index (χ3n) is 2.64. The molecule has 0 aliphatic heterocycles. The number of benzene rings is 1. The van der Waals surface area contributed by atoms with Gasteiger partial charge in [-0.25, -0.2) is 4.79 Å². The molecule has 0 amide bonds. The molecule has 1 heterocycles. The number of hydrogen-bond acceptors (Lipinski definition) is 4.